The van der Waals surface area contributed by atoms with Gasteiger partial charge in [0.15, 0.2) is 11.6 Å². The molecule has 5 aromatic rings. The summed E-state index contributed by atoms with van der Waals surface area (Å²) in [5.41, 5.74) is 3.43. The van der Waals surface area contributed by atoms with E-state index in [2.05, 4.69) is 61.5 Å². The molecular weight excluding hydrogens is 392 g/mol. The second-order valence-electron chi connectivity index (χ2n) is 7.98. The molecule has 0 fully saturated rings. The standard InChI is InChI=1S/C16H14.C14H8O2/c1-2-12-7-8-15-10-13-5-3-4-6-14(13)11-16(15)9-12;15-13-9-5-1-2-6-10(9)14(16)12-8-4-3-7-11(12)13/h3-11H,2H2,1H3;1-8H. The first-order valence-corrected chi connectivity index (χ1v) is 10.8. The smallest absolute Gasteiger partial charge is 0.194 e. The minimum Gasteiger partial charge on any atom is -0.289 e. The Kier molecular flexibility index (Phi) is 5.12. The van der Waals surface area contributed by atoms with Crippen molar-refractivity contribution in [2.45, 2.75) is 13.3 Å². The van der Waals surface area contributed by atoms with Gasteiger partial charge in [-0.1, -0.05) is 97.9 Å². The number of aryl methyl sites for hydroxylation is 1. The third kappa shape index (κ3) is 3.50. The lowest BCUT2D eigenvalue weighted by Gasteiger charge is -2.16. The van der Waals surface area contributed by atoms with Crippen molar-refractivity contribution < 1.29 is 9.59 Å². The van der Waals surface area contributed by atoms with Crippen LogP contribution in [0.15, 0.2) is 103 Å². The lowest BCUT2D eigenvalue weighted by molar-refractivity contribution is 0.0979. The van der Waals surface area contributed by atoms with Gasteiger partial charge in [0.25, 0.3) is 0 Å². The molecule has 154 valence electrons. The van der Waals surface area contributed by atoms with Crippen molar-refractivity contribution in [3.63, 3.8) is 0 Å². The Labute approximate surface area is 187 Å². The number of fused-ring (bicyclic) bond motifs is 4. The third-order valence-corrected chi connectivity index (χ3v) is 6.01. The molecule has 0 N–H and O–H groups in total. The van der Waals surface area contributed by atoms with E-state index in [1.807, 2.05) is 0 Å². The summed E-state index contributed by atoms with van der Waals surface area (Å²) in [4.78, 5) is 24.2. The third-order valence-electron chi connectivity index (χ3n) is 6.01. The highest BCUT2D eigenvalue weighted by Gasteiger charge is 2.28. The maximum Gasteiger partial charge on any atom is 0.194 e. The van der Waals surface area contributed by atoms with Crippen LogP contribution in [-0.2, 0) is 6.42 Å². The molecule has 2 heteroatoms. The Morgan fingerprint density at radius 2 is 0.875 bits per heavy atom. The van der Waals surface area contributed by atoms with Gasteiger partial charge in [0, 0.05) is 22.3 Å². The summed E-state index contributed by atoms with van der Waals surface area (Å²) in [6.07, 6.45) is 1.10. The molecule has 6 rings (SSSR count). The van der Waals surface area contributed by atoms with Crippen molar-refractivity contribution in [3.8, 4) is 0 Å². The summed E-state index contributed by atoms with van der Waals surface area (Å²) >= 11 is 0. The van der Waals surface area contributed by atoms with Gasteiger partial charge in [0.2, 0.25) is 0 Å². The number of hydrogen-bond acceptors (Lipinski definition) is 2. The number of carbonyl (C=O) groups excluding carboxylic acids is 2. The van der Waals surface area contributed by atoms with E-state index in [0.29, 0.717) is 22.3 Å². The van der Waals surface area contributed by atoms with Crippen LogP contribution < -0.4 is 0 Å². The second-order valence-corrected chi connectivity index (χ2v) is 7.98. The Morgan fingerprint density at radius 3 is 1.34 bits per heavy atom. The van der Waals surface area contributed by atoms with Gasteiger partial charge in [-0.25, -0.2) is 0 Å². The molecule has 5 aromatic carbocycles. The fraction of sp³-hybridized carbons (Fsp3) is 0.0667. The molecule has 0 atom stereocenters. The Morgan fingerprint density at radius 1 is 0.469 bits per heavy atom. The molecule has 0 saturated carbocycles. The minimum absolute atomic E-state index is 0.0641. The van der Waals surface area contributed by atoms with E-state index >= 15 is 0 Å². The van der Waals surface area contributed by atoms with Crippen LogP contribution in [0.5, 0.6) is 0 Å². The molecule has 1 aliphatic carbocycles. The molecule has 0 unspecified atom stereocenters. The highest BCUT2D eigenvalue weighted by molar-refractivity contribution is 6.28. The Balaban J connectivity index is 0.000000135. The minimum atomic E-state index is -0.0641. The van der Waals surface area contributed by atoms with Crippen LogP contribution in [0.1, 0.15) is 44.3 Å². The largest absolute Gasteiger partial charge is 0.289 e. The van der Waals surface area contributed by atoms with Crippen molar-refractivity contribution in [1.82, 2.24) is 0 Å². The maximum atomic E-state index is 12.1. The monoisotopic (exact) mass is 414 g/mol. The van der Waals surface area contributed by atoms with Gasteiger partial charge in [-0.15, -0.1) is 0 Å². The van der Waals surface area contributed by atoms with Crippen LogP contribution >= 0.6 is 0 Å². The first kappa shape index (κ1) is 19.9. The van der Waals surface area contributed by atoms with E-state index in [1.165, 1.54) is 27.1 Å². The van der Waals surface area contributed by atoms with E-state index in [1.54, 1.807) is 48.5 Å². The Hall–Kier alpha value is -4.04. The van der Waals surface area contributed by atoms with Crippen LogP contribution in [0.25, 0.3) is 21.5 Å². The molecule has 0 aromatic heterocycles. The van der Waals surface area contributed by atoms with Crippen molar-refractivity contribution in [2.24, 2.45) is 0 Å². The number of rotatable bonds is 1. The molecule has 2 nitrogen and oxygen atoms in total. The van der Waals surface area contributed by atoms with E-state index in [0.717, 1.165) is 6.42 Å². The van der Waals surface area contributed by atoms with Crippen LogP contribution in [0.3, 0.4) is 0 Å². The van der Waals surface area contributed by atoms with Gasteiger partial charge in [0.1, 0.15) is 0 Å². The number of hydrogen-bond donors (Lipinski definition) is 0. The van der Waals surface area contributed by atoms with Crippen LogP contribution in [0.4, 0.5) is 0 Å². The van der Waals surface area contributed by atoms with Crippen LogP contribution in [-0.4, -0.2) is 11.6 Å². The summed E-state index contributed by atoms with van der Waals surface area (Å²) in [6, 6.07) is 33.7. The lowest BCUT2D eigenvalue weighted by atomic mass is 9.84. The summed E-state index contributed by atoms with van der Waals surface area (Å²) < 4.78 is 0. The summed E-state index contributed by atoms with van der Waals surface area (Å²) in [5.74, 6) is -0.128. The van der Waals surface area contributed by atoms with Gasteiger partial charge in [-0.05, 0) is 45.7 Å². The first-order chi connectivity index (χ1) is 15.7. The van der Waals surface area contributed by atoms with Crippen molar-refractivity contribution >= 4 is 33.1 Å². The zero-order valence-electron chi connectivity index (χ0n) is 17.8. The first-order valence-electron chi connectivity index (χ1n) is 10.8. The van der Waals surface area contributed by atoms with Gasteiger partial charge in [0.05, 0.1) is 0 Å². The fourth-order valence-electron chi connectivity index (χ4n) is 4.26. The van der Waals surface area contributed by atoms with E-state index in [-0.39, 0.29) is 11.6 Å². The molecule has 0 bridgehead atoms. The van der Waals surface area contributed by atoms with Crippen molar-refractivity contribution in [2.75, 3.05) is 0 Å². The van der Waals surface area contributed by atoms with Crippen molar-refractivity contribution in [1.29, 1.82) is 0 Å². The van der Waals surface area contributed by atoms with Crippen LogP contribution in [0.2, 0.25) is 0 Å². The van der Waals surface area contributed by atoms with E-state index in [9.17, 15) is 9.59 Å². The molecule has 0 heterocycles. The van der Waals surface area contributed by atoms with Gasteiger partial charge >= 0.3 is 0 Å². The Bertz CT molecular complexity index is 1390. The molecule has 32 heavy (non-hydrogen) atoms. The molecule has 0 aliphatic heterocycles. The zero-order valence-corrected chi connectivity index (χ0v) is 17.8. The fourth-order valence-corrected chi connectivity index (χ4v) is 4.26. The number of benzene rings is 5. The molecule has 0 saturated heterocycles. The highest BCUT2D eigenvalue weighted by Crippen LogP contribution is 2.26. The average molecular weight is 415 g/mol. The second kappa shape index (κ2) is 8.24. The maximum absolute atomic E-state index is 12.1. The van der Waals surface area contributed by atoms with Crippen LogP contribution in [0, 0.1) is 0 Å². The van der Waals surface area contributed by atoms with Gasteiger partial charge < -0.3 is 0 Å². The van der Waals surface area contributed by atoms with E-state index < -0.39 is 0 Å². The number of ketones is 2. The highest BCUT2D eigenvalue weighted by atomic mass is 16.1. The van der Waals surface area contributed by atoms with Gasteiger partial charge in [-0.2, -0.15) is 0 Å². The SMILES string of the molecule is CCc1ccc2cc3ccccc3cc2c1.O=C1c2ccccc2C(=O)c2ccccc21. The average Bonchev–Trinajstić information content (AvgIpc) is 2.86. The normalized spacial score (nSPS) is 12.2. The molecular formula is C30H22O2. The molecule has 0 spiro atoms. The van der Waals surface area contributed by atoms with E-state index in [4.69, 9.17) is 0 Å². The molecule has 0 radical (unpaired) electrons. The zero-order chi connectivity index (χ0) is 22.1. The summed E-state index contributed by atoms with van der Waals surface area (Å²) in [6.45, 7) is 2.20. The van der Waals surface area contributed by atoms with Gasteiger partial charge in [-0.3, -0.25) is 9.59 Å². The lowest BCUT2D eigenvalue weighted by Crippen LogP contribution is -2.20. The van der Waals surface area contributed by atoms with Crippen molar-refractivity contribution in [3.05, 3.63) is 131 Å². The number of carbonyl (C=O) groups is 2. The topological polar surface area (TPSA) is 34.1 Å². The molecule has 1 aliphatic rings. The summed E-state index contributed by atoms with van der Waals surface area (Å²) in [7, 11) is 0. The summed E-state index contributed by atoms with van der Waals surface area (Å²) in [5, 5.41) is 5.32. The predicted octanol–water partition coefficient (Wildman–Crippen LogP) is 7.02. The molecule has 0 amide bonds. The quantitative estimate of drug-likeness (QED) is 0.271. The predicted molar refractivity (Wildman–Crippen MR) is 131 cm³/mol.